The Kier molecular flexibility index (Phi) is 5.61. The number of nitrogens with zero attached hydrogens (tertiary/aromatic N) is 3. The van der Waals surface area contributed by atoms with Crippen molar-refractivity contribution >= 4 is 5.91 Å². The summed E-state index contributed by atoms with van der Waals surface area (Å²) in [6, 6.07) is 12.0. The van der Waals surface area contributed by atoms with E-state index in [1.165, 1.54) is 5.56 Å². The number of nitrogens with one attached hydrogen (secondary N) is 1. The minimum Gasteiger partial charge on any atom is -0.379 e. The molecule has 0 radical (unpaired) electrons. The predicted molar refractivity (Wildman–Crippen MR) is 91.8 cm³/mol. The first kappa shape index (κ1) is 16.7. The second-order valence-electron chi connectivity index (χ2n) is 6.02. The van der Waals surface area contributed by atoms with Crippen LogP contribution in [-0.4, -0.2) is 53.4 Å². The van der Waals surface area contributed by atoms with Crippen LogP contribution in [0.4, 0.5) is 0 Å². The molecule has 1 aromatic carbocycles. The number of rotatable bonds is 6. The Morgan fingerprint density at radius 2 is 2.00 bits per heavy atom. The molecule has 0 spiro atoms. The summed E-state index contributed by atoms with van der Waals surface area (Å²) in [5.41, 5.74) is 2.74. The van der Waals surface area contributed by atoms with Crippen molar-refractivity contribution in [3.05, 3.63) is 53.3 Å². The molecule has 1 aliphatic rings. The van der Waals surface area contributed by atoms with E-state index in [-0.39, 0.29) is 5.91 Å². The monoisotopic (exact) mass is 328 g/mol. The van der Waals surface area contributed by atoms with E-state index in [0.717, 1.165) is 45.0 Å². The van der Waals surface area contributed by atoms with Crippen LogP contribution in [0, 0.1) is 0 Å². The fraction of sp³-hybridized carbons (Fsp3) is 0.444. The summed E-state index contributed by atoms with van der Waals surface area (Å²) in [6.45, 7) is 4.78. The summed E-state index contributed by atoms with van der Waals surface area (Å²) in [4.78, 5) is 14.6. The normalized spacial score (nSPS) is 15.4. The van der Waals surface area contributed by atoms with Crippen LogP contribution in [0.2, 0.25) is 0 Å². The van der Waals surface area contributed by atoms with Crippen molar-refractivity contribution in [1.29, 1.82) is 0 Å². The topological polar surface area (TPSA) is 59.4 Å². The Hall–Kier alpha value is -2.18. The molecule has 0 unspecified atom stereocenters. The molecule has 128 valence electrons. The lowest BCUT2D eigenvalue weighted by molar-refractivity contribution is 0.0331. The fourth-order valence-electron chi connectivity index (χ4n) is 2.81. The number of carbonyl (C=O) groups excluding carboxylic acids is 1. The van der Waals surface area contributed by atoms with Crippen molar-refractivity contribution in [2.24, 2.45) is 7.05 Å². The average Bonchev–Trinajstić information content (AvgIpc) is 2.97. The summed E-state index contributed by atoms with van der Waals surface area (Å²) in [7, 11) is 1.89. The number of hydrogen-bond acceptors (Lipinski definition) is 4. The van der Waals surface area contributed by atoms with Crippen LogP contribution in [0.3, 0.4) is 0 Å². The molecule has 1 saturated heterocycles. The minimum atomic E-state index is -0.116. The predicted octanol–water partition coefficient (Wildman–Crippen LogP) is 1.22. The number of carbonyl (C=O) groups is 1. The minimum absolute atomic E-state index is 0.116. The number of morpholine rings is 1. The van der Waals surface area contributed by atoms with Gasteiger partial charge >= 0.3 is 0 Å². The average molecular weight is 328 g/mol. The Bertz CT molecular complexity index is 663. The highest BCUT2D eigenvalue weighted by atomic mass is 16.5. The maximum Gasteiger partial charge on any atom is 0.271 e. The van der Waals surface area contributed by atoms with Gasteiger partial charge in [-0.25, -0.2) is 0 Å². The molecule has 1 N–H and O–H groups in total. The summed E-state index contributed by atoms with van der Waals surface area (Å²) in [5, 5.41) is 7.29. The van der Waals surface area contributed by atoms with Gasteiger partial charge in [-0.15, -0.1) is 0 Å². The second-order valence-corrected chi connectivity index (χ2v) is 6.02. The zero-order valence-electron chi connectivity index (χ0n) is 14.1. The van der Waals surface area contributed by atoms with Gasteiger partial charge in [-0.2, -0.15) is 5.10 Å². The van der Waals surface area contributed by atoms with Gasteiger partial charge in [-0.3, -0.25) is 14.4 Å². The number of amides is 1. The third kappa shape index (κ3) is 4.43. The lowest BCUT2D eigenvalue weighted by Gasteiger charge is -2.26. The molecule has 0 aliphatic carbocycles. The lowest BCUT2D eigenvalue weighted by atomic mass is 10.1. The first-order chi connectivity index (χ1) is 11.7. The van der Waals surface area contributed by atoms with E-state index in [2.05, 4.69) is 27.4 Å². The van der Waals surface area contributed by atoms with Gasteiger partial charge in [0.25, 0.3) is 5.91 Å². The summed E-state index contributed by atoms with van der Waals surface area (Å²) < 4.78 is 7.16. The number of ether oxygens (including phenoxy) is 1. The smallest absolute Gasteiger partial charge is 0.271 e. The number of aromatic nitrogens is 2. The standard InChI is InChI=1S/C18H24N4O2/c1-21-16(14-22-9-11-24-12-10-22)13-17(20-21)18(23)19-8-7-15-5-3-2-4-6-15/h2-6,13H,7-12,14H2,1H3,(H,19,23). The van der Waals surface area contributed by atoms with Gasteiger partial charge < -0.3 is 10.1 Å². The third-order valence-corrected chi connectivity index (χ3v) is 4.24. The van der Waals surface area contributed by atoms with Gasteiger partial charge in [0.05, 0.1) is 18.9 Å². The number of benzene rings is 1. The highest BCUT2D eigenvalue weighted by molar-refractivity contribution is 5.92. The molecule has 6 nitrogen and oxygen atoms in total. The molecule has 24 heavy (non-hydrogen) atoms. The summed E-state index contributed by atoms with van der Waals surface area (Å²) in [5.74, 6) is -0.116. The molecular weight excluding hydrogens is 304 g/mol. The SMILES string of the molecule is Cn1nc(C(=O)NCCc2ccccc2)cc1CN1CCOCC1. The van der Waals surface area contributed by atoms with E-state index in [1.54, 1.807) is 4.68 Å². The quantitative estimate of drug-likeness (QED) is 0.866. The van der Waals surface area contributed by atoms with Crippen molar-refractivity contribution < 1.29 is 9.53 Å². The molecule has 1 aliphatic heterocycles. The van der Waals surface area contributed by atoms with E-state index < -0.39 is 0 Å². The van der Waals surface area contributed by atoms with Crippen molar-refractivity contribution in [2.75, 3.05) is 32.8 Å². The Balaban J connectivity index is 1.52. The van der Waals surface area contributed by atoms with Gasteiger partial charge in [-0.1, -0.05) is 30.3 Å². The summed E-state index contributed by atoms with van der Waals surface area (Å²) in [6.07, 6.45) is 0.819. The van der Waals surface area contributed by atoms with E-state index in [4.69, 9.17) is 4.74 Å². The Morgan fingerprint density at radius 1 is 1.25 bits per heavy atom. The first-order valence-corrected chi connectivity index (χ1v) is 8.37. The van der Waals surface area contributed by atoms with Crippen LogP contribution in [-0.2, 0) is 24.8 Å². The van der Waals surface area contributed by atoms with Crippen LogP contribution >= 0.6 is 0 Å². The summed E-state index contributed by atoms with van der Waals surface area (Å²) >= 11 is 0. The molecule has 1 fully saturated rings. The van der Waals surface area contributed by atoms with Crippen molar-refractivity contribution in [3.8, 4) is 0 Å². The van der Waals surface area contributed by atoms with Crippen LogP contribution < -0.4 is 5.32 Å². The molecule has 2 heterocycles. The van der Waals surface area contributed by atoms with Crippen LogP contribution in [0.25, 0.3) is 0 Å². The number of aryl methyl sites for hydroxylation is 1. The molecular formula is C18H24N4O2. The van der Waals surface area contributed by atoms with E-state index in [0.29, 0.717) is 12.2 Å². The van der Waals surface area contributed by atoms with Crippen molar-refractivity contribution in [3.63, 3.8) is 0 Å². The van der Waals surface area contributed by atoms with Crippen LogP contribution in [0.1, 0.15) is 21.7 Å². The van der Waals surface area contributed by atoms with Crippen molar-refractivity contribution in [2.45, 2.75) is 13.0 Å². The van der Waals surface area contributed by atoms with Gasteiger partial charge in [0.2, 0.25) is 0 Å². The third-order valence-electron chi connectivity index (χ3n) is 4.24. The maximum absolute atomic E-state index is 12.3. The van der Waals surface area contributed by atoms with Crippen LogP contribution in [0.5, 0.6) is 0 Å². The Morgan fingerprint density at radius 3 is 2.75 bits per heavy atom. The van der Waals surface area contributed by atoms with E-state index in [1.807, 2.05) is 31.3 Å². The second kappa shape index (κ2) is 8.08. The first-order valence-electron chi connectivity index (χ1n) is 8.37. The molecule has 0 saturated carbocycles. The molecule has 6 heteroatoms. The highest BCUT2D eigenvalue weighted by Crippen LogP contribution is 2.09. The zero-order valence-corrected chi connectivity index (χ0v) is 14.1. The van der Waals surface area contributed by atoms with Gasteiger partial charge in [0, 0.05) is 33.2 Å². The molecule has 0 bridgehead atoms. The van der Waals surface area contributed by atoms with Crippen LogP contribution in [0.15, 0.2) is 36.4 Å². The lowest BCUT2D eigenvalue weighted by Crippen LogP contribution is -2.36. The maximum atomic E-state index is 12.3. The Labute approximate surface area is 142 Å². The van der Waals surface area contributed by atoms with E-state index >= 15 is 0 Å². The van der Waals surface area contributed by atoms with Crippen molar-refractivity contribution in [1.82, 2.24) is 20.0 Å². The van der Waals surface area contributed by atoms with Gasteiger partial charge in [0.1, 0.15) is 5.69 Å². The van der Waals surface area contributed by atoms with Gasteiger partial charge in [-0.05, 0) is 18.1 Å². The molecule has 0 atom stereocenters. The van der Waals surface area contributed by atoms with E-state index in [9.17, 15) is 4.79 Å². The highest BCUT2D eigenvalue weighted by Gasteiger charge is 2.16. The molecule has 1 amide bonds. The molecule has 1 aromatic heterocycles. The molecule has 2 aromatic rings. The fourth-order valence-corrected chi connectivity index (χ4v) is 2.81. The zero-order chi connectivity index (χ0) is 16.8. The largest absolute Gasteiger partial charge is 0.379 e. The van der Waals surface area contributed by atoms with Gasteiger partial charge in [0.15, 0.2) is 0 Å². The number of hydrogen-bond donors (Lipinski definition) is 1. The molecule has 3 rings (SSSR count).